The standard InChI is InChI=1S/C15H24N2S/c1-10-6-5-7-11(8-10)14-16-12(15(2,3)4)9-13(18)17-14/h9-11H,5-8H2,1-4H3,(H,16,17,18). The van der Waals surface area contributed by atoms with Gasteiger partial charge in [-0.1, -0.05) is 52.8 Å². The van der Waals surface area contributed by atoms with Crippen molar-refractivity contribution >= 4 is 12.2 Å². The lowest BCUT2D eigenvalue weighted by atomic mass is 9.82. The van der Waals surface area contributed by atoms with E-state index < -0.39 is 0 Å². The highest BCUT2D eigenvalue weighted by Crippen LogP contribution is 2.35. The largest absolute Gasteiger partial charge is 0.346 e. The number of nitrogens with one attached hydrogen (secondary N) is 1. The summed E-state index contributed by atoms with van der Waals surface area (Å²) >= 11 is 5.32. The smallest absolute Gasteiger partial charge is 0.130 e. The van der Waals surface area contributed by atoms with Crippen molar-refractivity contribution in [3.8, 4) is 0 Å². The molecule has 2 atom stereocenters. The lowest BCUT2D eigenvalue weighted by molar-refractivity contribution is 0.333. The summed E-state index contributed by atoms with van der Waals surface area (Å²) in [6.45, 7) is 8.97. The molecule has 18 heavy (non-hydrogen) atoms. The second-order valence-corrected chi connectivity index (χ2v) is 7.16. The van der Waals surface area contributed by atoms with Crippen molar-refractivity contribution in [2.24, 2.45) is 5.92 Å². The van der Waals surface area contributed by atoms with Gasteiger partial charge in [0.2, 0.25) is 0 Å². The molecule has 1 N–H and O–H groups in total. The van der Waals surface area contributed by atoms with Crippen LogP contribution in [0.4, 0.5) is 0 Å². The molecule has 0 radical (unpaired) electrons. The van der Waals surface area contributed by atoms with Crippen molar-refractivity contribution in [2.75, 3.05) is 0 Å². The Balaban J connectivity index is 2.33. The van der Waals surface area contributed by atoms with Crippen molar-refractivity contribution in [3.05, 3.63) is 22.2 Å². The Morgan fingerprint density at radius 2 is 2.06 bits per heavy atom. The molecule has 1 heterocycles. The van der Waals surface area contributed by atoms with E-state index in [4.69, 9.17) is 12.2 Å². The highest BCUT2D eigenvalue weighted by molar-refractivity contribution is 7.71. The summed E-state index contributed by atoms with van der Waals surface area (Å²) in [5, 5.41) is 0. The second kappa shape index (κ2) is 5.12. The predicted molar refractivity (Wildman–Crippen MR) is 78.5 cm³/mol. The van der Waals surface area contributed by atoms with E-state index >= 15 is 0 Å². The molecule has 2 unspecified atom stereocenters. The molecule has 1 aliphatic rings. The summed E-state index contributed by atoms with van der Waals surface area (Å²) in [5.74, 6) is 2.49. The number of hydrogen-bond donors (Lipinski definition) is 1. The van der Waals surface area contributed by atoms with Gasteiger partial charge in [0.05, 0.1) is 0 Å². The lowest BCUT2D eigenvalue weighted by Gasteiger charge is -2.27. The van der Waals surface area contributed by atoms with Gasteiger partial charge < -0.3 is 4.98 Å². The predicted octanol–water partition coefficient (Wildman–Crippen LogP) is 4.73. The summed E-state index contributed by atoms with van der Waals surface area (Å²) in [7, 11) is 0. The van der Waals surface area contributed by atoms with Crippen molar-refractivity contribution < 1.29 is 0 Å². The molecule has 0 spiro atoms. The summed E-state index contributed by atoms with van der Waals surface area (Å²) in [4.78, 5) is 8.10. The zero-order chi connectivity index (χ0) is 13.3. The molecule has 0 bridgehead atoms. The molecule has 1 aliphatic carbocycles. The van der Waals surface area contributed by atoms with Crippen LogP contribution in [0.15, 0.2) is 6.07 Å². The molecule has 0 aromatic carbocycles. The average molecular weight is 264 g/mol. The Morgan fingerprint density at radius 1 is 1.33 bits per heavy atom. The number of aromatic amines is 1. The fourth-order valence-electron chi connectivity index (χ4n) is 2.76. The number of hydrogen-bond acceptors (Lipinski definition) is 2. The Labute approximate surface area is 115 Å². The first kappa shape index (κ1) is 13.7. The zero-order valence-electron chi connectivity index (χ0n) is 11.9. The summed E-state index contributed by atoms with van der Waals surface area (Å²) < 4.78 is 0.729. The van der Waals surface area contributed by atoms with E-state index in [0.29, 0.717) is 5.92 Å². The Bertz CT molecular complexity index is 470. The average Bonchev–Trinajstić information content (AvgIpc) is 2.27. The third-order valence-electron chi connectivity index (χ3n) is 3.89. The number of nitrogens with zero attached hydrogens (tertiary/aromatic N) is 1. The van der Waals surface area contributed by atoms with Crippen molar-refractivity contribution in [3.63, 3.8) is 0 Å². The van der Waals surface area contributed by atoms with Crippen molar-refractivity contribution in [1.29, 1.82) is 0 Å². The minimum Gasteiger partial charge on any atom is -0.346 e. The van der Waals surface area contributed by atoms with Gasteiger partial charge in [-0.15, -0.1) is 0 Å². The van der Waals surface area contributed by atoms with Crippen LogP contribution in [0.1, 0.15) is 70.8 Å². The van der Waals surface area contributed by atoms with E-state index in [-0.39, 0.29) is 5.41 Å². The number of H-pyrrole nitrogens is 1. The van der Waals surface area contributed by atoms with Gasteiger partial charge in [-0.3, -0.25) is 0 Å². The Morgan fingerprint density at radius 3 is 2.67 bits per heavy atom. The van der Waals surface area contributed by atoms with Crippen LogP contribution in [0.2, 0.25) is 0 Å². The van der Waals surface area contributed by atoms with Crippen molar-refractivity contribution in [1.82, 2.24) is 9.97 Å². The monoisotopic (exact) mass is 264 g/mol. The van der Waals surface area contributed by atoms with Gasteiger partial charge in [0.15, 0.2) is 0 Å². The van der Waals surface area contributed by atoms with Crippen molar-refractivity contribution in [2.45, 2.75) is 64.7 Å². The minimum atomic E-state index is 0.103. The van der Waals surface area contributed by atoms with Gasteiger partial charge in [0, 0.05) is 17.0 Å². The third kappa shape index (κ3) is 3.19. The fourth-order valence-corrected chi connectivity index (χ4v) is 2.97. The van der Waals surface area contributed by atoms with Gasteiger partial charge in [-0.25, -0.2) is 4.98 Å². The molecular weight excluding hydrogens is 240 g/mol. The van der Waals surface area contributed by atoms with Crippen LogP contribution in [0.5, 0.6) is 0 Å². The number of rotatable bonds is 1. The van der Waals surface area contributed by atoms with E-state index in [9.17, 15) is 0 Å². The van der Waals surface area contributed by atoms with Crippen LogP contribution < -0.4 is 0 Å². The first-order valence-corrected chi connectivity index (χ1v) is 7.39. The molecule has 100 valence electrons. The molecule has 0 saturated heterocycles. The third-order valence-corrected chi connectivity index (χ3v) is 4.10. The summed E-state index contributed by atoms with van der Waals surface area (Å²) in [6.07, 6.45) is 5.16. The van der Waals surface area contributed by atoms with E-state index in [1.54, 1.807) is 0 Å². The quantitative estimate of drug-likeness (QED) is 0.743. The Kier molecular flexibility index (Phi) is 3.90. The topological polar surface area (TPSA) is 28.7 Å². The molecule has 1 aromatic heterocycles. The molecule has 3 heteroatoms. The molecule has 2 rings (SSSR count). The highest BCUT2D eigenvalue weighted by atomic mass is 32.1. The van der Waals surface area contributed by atoms with Gasteiger partial charge in [-0.2, -0.15) is 0 Å². The maximum absolute atomic E-state index is 5.32. The van der Waals surface area contributed by atoms with E-state index in [0.717, 1.165) is 16.4 Å². The molecule has 2 nitrogen and oxygen atoms in total. The van der Waals surface area contributed by atoms with Crippen LogP contribution in [-0.4, -0.2) is 9.97 Å². The zero-order valence-corrected chi connectivity index (χ0v) is 12.7. The first-order valence-electron chi connectivity index (χ1n) is 6.98. The minimum absolute atomic E-state index is 0.103. The van der Waals surface area contributed by atoms with Gasteiger partial charge in [-0.05, 0) is 24.8 Å². The first-order chi connectivity index (χ1) is 8.36. The molecule has 0 amide bonds. The van der Waals surface area contributed by atoms with E-state index in [1.165, 1.54) is 31.4 Å². The van der Waals surface area contributed by atoms with E-state index in [2.05, 4.69) is 37.7 Å². The summed E-state index contributed by atoms with van der Waals surface area (Å²) in [5.41, 5.74) is 1.31. The normalized spacial score (nSPS) is 25.1. The van der Waals surface area contributed by atoms with E-state index in [1.807, 2.05) is 6.07 Å². The fraction of sp³-hybridized carbons (Fsp3) is 0.733. The lowest BCUT2D eigenvalue weighted by Crippen LogP contribution is -2.19. The Hall–Kier alpha value is -0.700. The molecule has 1 saturated carbocycles. The van der Waals surface area contributed by atoms with Gasteiger partial charge in [0.25, 0.3) is 0 Å². The van der Waals surface area contributed by atoms with Crippen LogP contribution in [0.25, 0.3) is 0 Å². The maximum Gasteiger partial charge on any atom is 0.130 e. The second-order valence-electron chi connectivity index (χ2n) is 6.74. The van der Waals surface area contributed by atoms with Crippen LogP contribution in [0, 0.1) is 10.6 Å². The van der Waals surface area contributed by atoms with Gasteiger partial charge >= 0.3 is 0 Å². The highest BCUT2D eigenvalue weighted by Gasteiger charge is 2.23. The SMILES string of the molecule is CC1CCCC(c2nc(=S)cc(C(C)(C)C)[nH]2)C1. The van der Waals surface area contributed by atoms with Crippen LogP contribution >= 0.6 is 12.2 Å². The summed E-state index contributed by atoms with van der Waals surface area (Å²) in [6, 6.07) is 2.01. The molecular formula is C15H24N2S. The molecule has 1 fully saturated rings. The molecule has 1 aromatic rings. The van der Waals surface area contributed by atoms with Gasteiger partial charge in [0.1, 0.15) is 10.5 Å². The molecule has 0 aliphatic heterocycles. The maximum atomic E-state index is 5.32. The van der Waals surface area contributed by atoms with Crippen LogP contribution in [0.3, 0.4) is 0 Å². The van der Waals surface area contributed by atoms with Crippen LogP contribution in [-0.2, 0) is 5.41 Å². The number of aromatic nitrogens is 2.